The van der Waals surface area contributed by atoms with Gasteiger partial charge in [0.1, 0.15) is 6.04 Å². The molecule has 1 atom stereocenters. The minimum Gasteiger partial charge on any atom is -0.344 e. The van der Waals surface area contributed by atoms with Crippen molar-refractivity contribution in [3.8, 4) is 0 Å². The zero-order valence-electron chi connectivity index (χ0n) is 8.13. The number of halogens is 2. The van der Waals surface area contributed by atoms with Crippen molar-refractivity contribution in [1.82, 2.24) is 10.2 Å². The summed E-state index contributed by atoms with van der Waals surface area (Å²) in [5.74, 6) is -3.32. The second kappa shape index (κ2) is 3.43. The molecule has 2 rings (SSSR count). The van der Waals surface area contributed by atoms with Gasteiger partial charge >= 0.3 is 0 Å². The fraction of sp³-hybridized carbons (Fsp3) is 0.778. The largest absolute Gasteiger partial charge is 0.344 e. The van der Waals surface area contributed by atoms with Gasteiger partial charge in [0, 0.05) is 19.4 Å². The van der Waals surface area contributed by atoms with E-state index in [-0.39, 0.29) is 24.8 Å². The van der Waals surface area contributed by atoms with E-state index >= 15 is 0 Å². The number of nitrogens with one attached hydrogen (secondary N) is 1. The first-order chi connectivity index (χ1) is 6.98. The highest BCUT2D eigenvalue weighted by atomic mass is 19.3. The fourth-order valence-electron chi connectivity index (χ4n) is 1.94. The summed E-state index contributed by atoms with van der Waals surface area (Å²) in [6, 6.07) is -0.591. The highest BCUT2D eigenvalue weighted by Crippen LogP contribution is 2.27. The lowest BCUT2D eigenvalue weighted by molar-refractivity contribution is -0.134. The topological polar surface area (TPSA) is 49.4 Å². The summed E-state index contributed by atoms with van der Waals surface area (Å²) in [5.41, 5.74) is 0. The predicted octanol–water partition coefficient (Wildman–Crippen LogP) is 0.133. The van der Waals surface area contributed by atoms with E-state index in [0.29, 0.717) is 12.8 Å². The number of likely N-dealkylation sites (tertiary alicyclic amines) is 1. The normalized spacial score (nSPS) is 29.3. The first-order valence-electron chi connectivity index (χ1n) is 4.94. The molecule has 0 spiro atoms. The minimum absolute atomic E-state index is 0.0816. The van der Waals surface area contributed by atoms with Crippen LogP contribution in [0, 0.1) is 0 Å². The van der Waals surface area contributed by atoms with Crippen LogP contribution in [-0.4, -0.2) is 41.8 Å². The number of nitrogens with zero attached hydrogens (tertiary/aromatic N) is 1. The molecule has 0 saturated carbocycles. The number of hydrogen-bond donors (Lipinski definition) is 1. The van der Waals surface area contributed by atoms with Gasteiger partial charge in [0.15, 0.2) is 0 Å². The second-order valence-corrected chi connectivity index (χ2v) is 4.02. The molecule has 2 saturated heterocycles. The Morgan fingerprint density at radius 3 is 2.73 bits per heavy atom. The fourth-order valence-corrected chi connectivity index (χ4v) is 1.94. The van der Waals surface area contributed by atoms with Crippen LogP contribution in [0.15, 0.2) is 0 Å². The molecule has 15 heavy (non-hydrogen) atoms. The minimum atomic E-state index is -2.77. The van der Waals surface area contributed by atoms with Gasteiger partial charge in [0.2, 0.25) is 11.8 Å². The molecular weight excluding hydrogens is 206 g/mol. The average molecular weight is 218 g/mol. The van der Waals surface area contributed by atoms with Gasteiger partial charge in [-0.1, -0.05) is 0 Å². The maximum absolute atomic E-state index is 12.8. The summed E-state index contributed by atoms with van der Waals surface area (Å²) >= 11 is 0. The number of rotatable bonds is 1. The molecule has 1 unspecified atom stereocenters. The zero-order valence-corrected chi connectivity index (χ0v) is 8.13. The lowest BCUT2D eigenvalue weighted by Crippen LogP contribution is -2.44. The standard InChI is InChI=1S/C9H12F2N2O2/c10-9(11)3-4-13(5-9)8(15)6-1-2-7(14)12-6/h6H,1-5H2,(H,12,14). The Balaban J connectivity index is 1.95. The number of alkyl halides is 2. The number of hydrogen-bond acceptors (Lipinski definition) is 2. The Hall–Kier alpha value is -1.20. The summed E-state index contributed by atoms with van der Waals surface area (Å²) < 4.78 is 25.7. The summed E-state index contributed by atoms with van der Waals surface area (Å²) in [5, 5.41) is 2.48. The third-order valence-electron chi connectivity index (χ3n) is 2.77. The van der Waals surface area contributed by atoms with E-state index < -0.39 is 18.5 Å². The van der Waals surface area contributed by atoms with Crippen LogP contribution < -0.4 is 5.32 Å². The number of amides is 2. The van der Waals surface area contributed by atoms with Crippen molar-refractivity contribution < 1.29 is 18.4 Å². The highest BCUT2D eigenvalue weighted by molar-refractivity contribution is 5.90. The van der Waals surface area contributed by atoms with E-state index in [4.69, 9.17) is 0 Å². The van der Waals surface area contributed by atoms with Crippen LogP contribution in [0.5, 0.6) is 0 Å². The van der Waals surface area contributed by atoms with E-state index in [1.165, 1.54) is 0 Å². The van der Waals surface area contributed by atoms with E-state index in [1.807, 2.05) is 0 Å². The SMILES string of the molecule is O=C1CCC(C(=O)N2CCC(F)(F)C2)N1. The Morgan fingerprint density at radius 1 is 1.53 bits per heavy atom. The molecule has 2 aliphatic rings. The molecule has 4 nitrogen and oxygen atoms in total. The number of carbonyl (C=O) groups excluding carboxylic acids is 2. The van der Waals surface area contributed by atoms with Crippen LogP contribution in [0.25, 0.3) is 0 Å². The van der Waals surface area contributed by atoms with Crippen LogP contribution in [0.2, 0.25) is 0 Å². The molecule has 2 aliphatic heterocycles. The van der Waals surface area contributed by atoms with Crippen molar-refractivity contribution in [2.45, 2.75) is 31.2 Å². The molecule has 0 aromatic heterocycles. The van der Waals surface area contributed by atoms with Gasteiger partial charge in [-0.2, -0.15) is 0 Å². The molecule has 0 aromatic carbocycles. The van der Waals surface area contributed by atoms with Crippen molar-refractivity contribution in [2.75, 3.05) is 13.1 Å². The maximum atomic E-state index is 12.8. The molecule has 2 amide bonds. The molecule has 2 fully saturated rings. The van der Waals surface area contributed by atoms with E-state index in [2.05, 4.69) is 5.32 Å². The van der Waals surface area contributed by atoms with Crippen molar-refractivity contribution >= 4 is 11.8 Å². The Bertz CT molecular complexity index is 306. The van der Waals surface area contributed by atoms with Gasteiger partial charge in [-0.25, -0.2) is 8.78 Å². The van der Waals surface area contributed by atoms with Gasteiger partial charge in [-0.05, 0) is 6.42 Å². The van der Waals surface area contributed by atoms with Crippen molar-refractivity contribution in [3.05, 3.63) is 0 Å². The van der Waals surface area contributed by atoms with Gasteiger partial charge in [-0.15, -0.1) is 0 Å². The highest BCUT2D eigenvalue weighted by Gasteiger charge is 2.42. The zero-order chi connectivity index (χ0) is 11.1. The van der Waals surface area contributed by atoms with Crippen LogP contribution >= 0.6 is 0 Å². The second-order valence-electron chi connectivity index (χ2n) is 4.02. The summed E-state index contributed by atoms with van der Waals surface area (Å²) in [7, 11) is 0. The first-order valence-corrected chi connectivity index (χ1v) is 4.94. The third-order valence-corrected chi connectivity index (χ3v) is 2.77. The van der Waals surface area contributed by atoms with Crippen molar-refractivity contribution in [2.24, 2.45) is 0 Å². The van der Waals surface area contributed by atoms with E-state index in [0.717, 1.165) is 4.90 Å². The number of carbonyl (C=O) groups is 2. The lowest BCUT2D eigenvalue weighted by atomic mass is 10.2. The molecular formula is C9H12F2N2O2. The van der Waals surface area contributed by atoms with Crippen molar-refractivity contribution in [3.63, 3.8) is 0 Å². The van der Waals surface area contributed by atoms with Gasteiger partial charge in [0.05, 0.1) is 6.54 Å². The summed E-state index contributed by atoms with van der Waals surface area (Å²) in [6.07, 6.45) is 0.444. The molecule has 84 valence electrons. The van der Waals surface area contributed by atoms with E-state index in [1.54, 1.807) is 0 Å². The quantitative estimate of drug-likeness (QED) is 0.680. The predicted molar refractivity (Wildman–Crippen MR) is 47.3 cm³/mol. The smallest absolute Gasteiger partial charge is 0.267 e. The van der Waals surface area contributed by atoms with Crippen LogP contribution in [0.4, 0.5) is 8.78 Å². The molecule has 6 heteroatoms. The maximum Gasteiger partial charge on any atom is 0.267 e. The summed E-state index contributed by atoms with van der Waals surface area (Å²) in [6.45, 7) is -0.434. The van der Waals surface area contributed by atoms with Crippen LogP contribution in [0.1, 0.15) is 19.3 Å². The molecule has 0 radical (unpaired) electrons. The first kappa shape index (κ1) is 10.3. The Kier molecular flexibility index (Phi) is 2.36. The van der Waals surface area contributed by atoms with Gasteiger partial charge < -0.3 is 10.2 Å². The molecule has 1 N–H and O–H groups in total. The summed E-state index contributed by atoms with van der Waals surface area (Å²) in [4.78, 5) is 23.7. The molecule has 2 heterocycles. The monoisotopic (exact) mass is 218 g/mol. The third kappa shape index (κ3) is 2.08. The van der Waals surface area contributed by atoms with E-state index in [9.17, 15) is 18.4 Å². The molecule has 0 bridgehead atoms. The average Bonchev–Trinajstić information content (AvgIpc) is 2.71. The van der Waals surface area contributed by atoms with Crippen LogP contribution in [-0.2, 0) is 9.59 Å². The van der Waals surface area contributed by atoms with Crippen LogP contribution in [0.3, 0.4) is 0 Å². The lowest BCUT2D eigenvalue weighted by Gasteiger charge is -2.19. The Labute approximate surface area is 85.6 Å². The molecule has 0 aliphatic carbocycles. The van der Waals surface area contributed by atoms with Gasteiger partial charge in [0.25, 0.3) is 5.92 Å². The van der Waals surface area contributed by atoms with Crippen molar-refractivity contribution in [1.29, 1.82) is 0 Å². The molecule has 0 aromatic rings. The van der Waals surface area contributed by atoms with Gasteiger partial charge in [-0.3, -0.25) is 9.59 Å². The Morgan fingerprint density at radius 2 is 2.27 bits per heavy atom.